The SMILES string of the molecule is Cc1nn(Cc2ccccc2)c(C)c1CNC(=O)c1nn(-c2ccccc2)cc1O. The van der Waals surface area contributed by atoms with Crippen LogP contribution in [0.25, 0.3) is 5.69 Å². The van der Waals surface area contributed by atoms with E-state index in [0.717, 1.165) is 28.2 Å². The number of hydrogen-bond acceptors (Lipinski definition) is 4. The number of carbonyl (C=O) groups is 1. The molecular weight excluding hydrogens is 378 g/mol. The molecule has 2 N–H and O–H groups in total. The van der Waals surface area contributed by atoms with E-state index in [0.29, 0.717) is 13.1 Å². The van der Waals surface area contributed by atoms with Crippen molar-refractivity contribution in [3.63, 3.8) is 0 Å². The van der Waals surface area contributed by atoms with Crippen LogP contribution in [0.2, 0.25) is 0 Å². The van der Waals surface area contributed by atoms with Gasteiger partial charge in [0.2, 0.25) is 0 Å². The summed E-state index contributed by atoms with van der Waals surface area (Å²) >= 11 is 0. The lowest BCUT2D eigenvalue weighted by Crippen LogP contribution is -2.24. The van der Waals surface area contributed by atoms with E-state index < -0.39 is 5.91 Å². The van der Waals surface area contributed by atoms with Crippen LogP contribution in [0.1, 0.15) is 33.0 Å². The molecule has 152 valence electrons. The number of aryl methyl sites for hydroxylation is 1. The molecular formula is C23H23N5O2. The lowest BCUT2D eigenvalue weighted by atomic mass is 10.2. The molecule has 2 aromatic carbocycles. The van der Waals surface area contributed by atoms with Crippen LogP contribution < -0.4 is 5.32 Å². The molecule has 0 unspecified atom stereocenters. The Morgan fingerprint density at radius 1 is 1.00 bits per heavy atom. The van der Waals surface area contributed by atoms with Crippen LogP contribution in [0, 0.1) is 13.8 Å². The number of nitrogens with zero attached hydrogens (tertiary/aromatic N) is 4. The number of benzene rings is 2. The van der Waals surface area contributed by atoms with Crippen molar-refractivity contribution in [3.05, 3.63) is 95.1 Å². The fourth-order valence-electron chi connectivity index (χ4n) is 3.39. The lowest BCUT2D eigenvalue weighted by molar-refractivity contribution is 0.0943. The Kier molecular flexibility index (Phi) is 5.34. The van der Waals surface area contributed by atoms with Crippen molar-refractivity contribution in [2.24, 2.45) is 0 Å². The van der Waals surface area contributed by atoms with E-state index in [4.69, 9.17) is 0 Å². The first kappa shape index (κ1) is 19.4. The minimum Gasteiger partial charge on any atom is -0.504 e. The van der Waals surface area contributed by atoms with E-state index in [1.54, 1.807) is 0 Å². The number of hydrogen-bond donors (Lipinski definition) is 2. The van der Waals surface area contributed by atoms with Crippen molar-refractivity contribution < 1.29 is 9.90 Å². The molecule has 0 bridgehead atoms. The Bertz CT molecular complexity index is 1160. The van der Waals surface area contributed by atoms with E-state index in [1.807, 2.05) is 67.1 Å². The molecule has 4 aromatic rings. The summed E-state index contributed by atoms with van der Waals surface area (Å²) in [7, 11) is 0. The summed E-state index contributed by atoms with van der Waals surface area (Å²) in [6.45, 7) is 4.90. The van der Waals surface area contributed by atoms with Crippen LogP contribution in [-0.2, 0) is 13.1 Å². The predicted molar refractivity (Wildman–Crippen MR) is 114 cm³/mol. The molecule has 0 saturated carbocycles. The molecule has 0 saturated heterocycles. The summed E-state index contributed by atoms with van der Waals surface area (Å²) in [6.07, 6.45) is 1.43. The Morgan fingerprint density at radius 2 is 1.67 bits per heavy atom. The van der Waals surface area contributed by atoms with E-state index in [9.17, 15) is 9.90 Å². The van der Waals surface area contributed by atoms with Crippen LogP contribution in [0.4, 0.5) is 0 Å². The smallest absolute Gasteiger partial charge is 0.275 e. The van der Waals surface area contributed by atoms with Gasteiger partial charge in [0.15, 0.2) is 11.4 Å². The third kappa shape index (κ3) is 3.96. The maximum absolute atomic E-state index is 12.6. The van der Waals surface area contributed by atoms with Gasteiger partial charge in [-0.3, -0.25) is 9.48 Å². The number of aromatic hydroxyl groups is 1. The summed E-state index contributed by atoms with van der Waals surface area (Å²) in [4.78, 5) is 12.6. The van der Waals surface area contributed by atoms with E-state index in [2.05, 4.69) is 27.6 Å². The maximum Gasteiger partial charge on any atom is 0.275 e. The first-order valence-corrected chi connectivity index (χ1v) is 9.72. The molecule has 4 rings (SSSR count). The molecule has 1 amide bonds. The Morgan fingerprint density at radius 3 is 2.37 bits per heavy atom. The first-order valence-electron chi connectivity index (χ1n) is 9.72. The molecule has 0 aliphatic carbocycles. The van der Waals surface area contributed by atoms with Crippen molar-refractivity contribution in [2.75, 3.05) is 0 Å². The van der Waals surface area contributed by atoms with E-state index in [-0.39, 0.29) is 11.4 Å². The molecule has 2 aromatic heterocycles. The number of rotatable bonds is 6. The summed E-state index contributed by atoms with van der Waals surface area (Å²) in [5, 5.41) is 21.9. The van der Waals surface area contributed by atoms with Gasteiger partial charge in [-0.25, -0.2) is 4.68 Å². The van der Waals surface area contributed by atoms with Gasteiger partial charge >= 0.3 is 0 Å². The molecule has 0 aliphatic heterocycles. The van der Waals surface area contributed by atoms with Gasteiger partial charge in [-0.1, -0.05) is 48.5 Å². The minimum atomic E-state index is -0.434. The van der Waals surface area contributed by atoms with Crippen LogP contribution in [0.5, 0.6) is 5.75 Å². The zero-order chi connectivity index (χ0) is 21.1. The molecule has 0 atom stereocenters. The summed E-state index contributed by atoms with van der Waals surface area (Å²) in [5.41, 5.74) is 4.74. The van der Waals surface area contributed by atoms with Gasteiger partial charge in [0.25, 0.3) is 5.91 Å². The number of carbonyl (C=O) groups excluding carboxylic acids is 1. The fourth-order valence-corrected chi connectivity index (χ4v) is 3.39. The lowest BCUT2D eigenvalue weighted by Gasteiger charge is -2.07. The van der Waals surface area contributed by atoms with Gasteiger partial charge in [-0.05, 0) is 31.5 Å². The number of aromatic nitrogens is 4. The Hall–Kier alpha value is -3.87. The highest BCUT2D eigenvalue weighted by molar-refractivity contribution is 5.94. The van der Waals surface area contributed by atoms with Crippen molar-refractivity contribution in [2.45, 2.75) is 26.9 Å². The Labute approximate surface area is 174 Å². The van der Waals surface area contributed by atoms with Crippen molar-refractivity contribution in [1.29, 1.82) is 0 Å². The molecule has 7 heteroatoms. The molecule has 0 aliphatic rings. The molecule has 7 nitrogen and oxygen atoms in total. The normalized spacial score (nSPS) is 10.9. The predicted octanol–water partition coefficient (Wildman–Crippen LogP) is 3.37. The summed E-state index contributed by atoms with van der Waals surface area (Å²) in [5.74, 6) is -0.596. The molecule has 0 spiro atoms. The number of para-hydroxylation sites is 1. The number of nitrogens with one attached hydrogen (secondary N) is 1. The van der Waals surface area contributed by atoms with Gasteiger partial charge in [0.1, 0.15) is 0 Å². The third-order valence-corrected chi connectivity index (χ3v) is 5.06. The molecule has 0 fully saturated rings. The van der Waals surface area contributed by atoms with Gasteiger partial charge in [0.05, 0.1) is 24.1 Å². The monoisotopic (exact) mass is 401 g/mol. The van der Waals surface area contributed by atoms with Gasteiger partial charge < -0.3 is 10.4 Å². The second-order valence-corrected chi connectivity index (χ2v) is 7.12. The van der Waals surface area contributed by atoms with Gasteiger partial charge in [-0.15, -0.1) is 0 Å². The van der Waals surface area contributed by atoms with E-state index in [1.165, 1.54) is 10.9 Å². The molecule has 2 heterocycles. The van der Waals surface area contributed by atoms with Crippen molar-refractivity contribution >= 4 is 5.91 Å². The number of amides is 1. The largest absolute Gasteiger partial charge is 0.504 e. The Balaban J connectivity index is 1.48. The van der Waals surface area contributed by atoms with Crippen LogP contribution in [-0.4, -0.2) is 30.6 Å². The third-order valence-electron chi connectivity index (χ3n) is 5.06. The topological polar surface area (TPSA) is 85.0 Å². The second-order valence-electron chi connectivity index (χ2n) is 7.12. The zero-order valence-electron chi connectivity index (χ0n) is 16.9. The average Bonchev–Trinajstić information content (AvgIpc) is 3.27. The summed E-state index contributed by atoms with van der Waals surface area (Å²) < 4.78 is 3.42. The standard InChI is InChI=1S/C23H23N5O2/c1-16-20(17(2)27(25-16)14-18-9-5-3-6-10-18)13-24-23(30)22-21(29)15-28(26-22)19-11-7-4-8-12-19/h3-12,15,29H,13-14H2,1-2H3,(H,24,30). The van der Waals surface area contributed by atoms with Crippen molar-refractivity contribution in [1.82, 2.24) is 24.9 Å². The zero-order valence-corrected chi connectivity index (χ0v) is 16.9. The summed E-state index contributed by atoms with van der Waals surface area (Å²) in [6, 6.07) is 19.4. The molecule has 30 heavy (non-hydrogen) atoms. The fraction of sp³-hybridized carbons (Fsp3) is 0.174. The quantitative estimate of drug-likeness (QED) is 0.519. The molecule has 0 radical (unpaired) electrons. The van der Waals surface area contributed by atoms with E-state index >= 15 is 0 Å². The highest BCUT2D eigenvalue weighted by atomic mass is 16.3. The first-order chi connectivity index (χ1) is 14.5. The van der Waals surface area contributed by atoms with Crippen LogP contribution in [0.3, 0.4) is 0 Å². The van der Waals surface area contributed by atoms with Crippen molar-refractivity contribution in [3.8, 4) is 11.4 Å². The van der Waals surface area contributed by atoms with Crippen LogP contribution >= 0.6 is 0 Å². The highest BCUT2D eigenvalue weighted by Crippen LogP contribution is 2.19. The maximum atomic E-state index is 12.6. The average molecular weight is 401 g/mol. The minimum absolute atomic E-state index is 0.00848. The van der Waals surface area contributed by atoms with Gasteiger partial charge in [0, 0.05) is 17.8 Å². The van der Waals surface area contributed by atoms with Crippen LogP contribution in [0.15, 0.2) is 66.9 Å². The second kappa shape index (κ2) is 8.24. The highest BCUT2D eigenvalue weighted by Gasteiger charge is 2.19. The van der Waals surface area contributed by atoms with Gasteiger partial charge in [-0.2, -0.15) is 10.2 Å².